The Kier molecular flexibility index (Phi) is 4.11. The van der Waals surface area contributed by atoms with E-state index in [9.17, 15) is 4.79 Å². The van der Waals surface area contributed by atoms with Crippen LogP contribution in [0, 0.1) is 5.92 Å². The van der Waals surface area contributed by atoms with Crippen LogP contribution >= 0.6 is 0 Å². The molecule has 0 fully saturated rings. The average Bonchev–Trinajstić information content (AvgIpc) is 2.26. The second-order valence-corrected chi connectivity index (χ2v) is 3.36. The Morgan fingerprint density at radius 3 is 3.07 bits per heavy atom. The molecule has 3 nitrogen and oxygen atoms in total. The lowest BCUT2D eigenvalue weighted by Crippen LogP contribution is -2.08. The number of pyridine rings is 1. The molecule has 0 aromatic carbocycles. The van der Waals surface area contributed by atoms with Gasteiger partial charge in [0.15, 0.2) is 6.29 Å². The lowest BCUT2D eigenvalue weighted by atomic mass is 10.1. The van der Waals surface area contributed by atoms with Crippen LogP contribution in [0.3, 0.4) is 0 Å². The van der Waals surface area contributed by atoms with Crippen molar-refractivity contribution >= 4 is 6.29 Å². The van der Waals surface area contributed by atoms with E-state index >= 15 is 0 Å². The van der Waals surface area contributed by atoms with Crippen molar-refractivity contribution in [2.45, 2.75) is 20.3 Å². The van der Waals surface area contributed by atoms with Gasteiger partial charge in [-0.1, -0.05) is 20.3 Å². The fourth-order valence-corrected chi connectivity index (χ4v) is 0.964. The molecule has 0 saturated carbocycles. The first-order chi connectivity index (χ1) is 6.77. The summed E-state index contributed by atoms with van der Waals surface area (Å²) in [6.07, 6.45) is 4.97. The summed E-state index contributed by atoms with van der Waals surface area (Å²) in [5, 5.41) is 0. The molecule has 0 bridgehead atoms. The highest BCUT2D eigenvalue weighted by molar-refractivity contribution is 5.78. The van der Waals surface area contributed by atoms with Crippen molar-refractivity contribution in [1.29, 1.82) is 0 Å². The van der Waals surface area contributed by atoms with Crippen molar-refractivity contribution < 1.29 is 9.53 Å². The van der Waals surface area contributed by atoms with Crippen molar-refractivity contribution in [2.24, 2.45) is 5.92 Å². The molecule has 0 aliphatic rings. The van der Waals surface area contributed by atoms with Crippen molar-refractivity contribution in [1.82, 2.24) is 4.98 Å². The fraction of sp³-hybridized carbons (Fsp3) is 0.455. The molecule has 1 rings (SSSR count). The molecule has 0 amide bonds. The summed E-state index contributed by atoms with van der Waals surface area (Å²) in [6.45, 7) is 4.87. The molecule has 0 spiro atoms. The van der Waals surface area contributed by atoms with Crippen LogP contribution in [0.25, 0.3) is 0 Å². The topological polar surface area (TPSA) is 39.2 Å². The van der Waals surface area contributed by atoms with Crippen LogP contribution < -0.4 is 4.74 Å². The van der Waals surface area contributed by atoms with Gasteiger partial charge in [-0.25, -0.2) is 0 Å². The fourth-order valence-electron chi connectivity index (χ4n) is 0.964. The quantitative estimate of drug-likeness (QED) is 0.674. The van der Waals surface area contributed by atoms with E-state index in [-0.39, 0.29) is 0 Å². The van der Waals surface area contributed by atoms with Crippen molar-refractivity contribution in [2.75, 3.05) is 6.61 Å². The number of carbonyl (C=O) groups excluding carboxylic acids is 1. The van der Waals surface area contributed by atoms with Gasteiger partial charge >= 0.3 is 0 Å². The molecule has 1 atom stereocenters. The maximum atomic E-state index is 10.6. The third kappa shape index (κ3) is 2.83. The van der Waals surface area contributed by atoms with E-state index in [0.29, 0.717) is 23.8 Å². The summed E-state index contributed by atoms with van der Waals surface area (Å²) in [7, 11) is 0. The Morgan fingerprint density at radius 2 is 2.43 bits per heavy atom. The number of hydrogen-bond donors (Lipinski definition) is 0. The number of aromatic nitrogens is 1. The van der Waals surface area contributed by atoms with Gasteiger partial charge in [0.2, 0.25) is 0 Å². The van der Waals surface area contributed by atoms with Crippen LogP contribution in [0.5, 0.6) is 5.75 Å². The van der Waals surface area contributed by atoms with E-state index in [1.165, 1.54) is 6.20 Å². The first kappa shape index (κ1) is 10.7. The first-order valence-electron chi connectivity index (χ1n) is 4.80. The third-order valence-electron chi connectivity index (χ3n) is 2.16. The van der Waals surface area contributed by atoms with E-state index in [1.54, 1.807) is 12.3 Å². The predicted octanol–water partition coefficient (Wildman–Crippen LogP) is 2.32. The van der Waals surface area contributed by atoms with E-state index < -0.39 is 0 Å². The lowest BCUT2D eigenvalue weighted by Gasteiger charge is -2.11. The summed E-state index contributed by atoms with van der Waals surface area (Å²) < 4.78 is 5.51. The molecular weight excluding hydrogens is 178 g/mol. The molecule has 0 saturated heterocycles. The maximum Gasteiger partial charge on any atom is 0.155 e. The Morgan fingerprint density at radius 1 is 1.64 bits per heavy atom. The minimum atomic E-state index is 0.502. The summed E-state index contributed by atoms with van der Waals surface area (Å²) in [4.78, 5) is 14.5. The molecule has 1 aromatic rings. The number of rotatable bonds is 5. The van der Waals surface area contributed by atoms with Gasteiger partial charge in [-0.15, -0.1) is 0 Å². The second-order valence-electron chi connectivity index (χ2n) is 3.36. The zero-order valence-corrected chi connectivity index (χ0v) is 8.56. The van der Waals surface area contributed by atoms with Gasteiger partial charge < -0.3 is 4.74 Å². The van der Waals surface area contributed by atoms with E-state index in [1.807, 2.05) is 0 Å². The first-order valence-corrected chi connectivity index (χ1v) is 4.80. The predicted molar refractivity (Wildman–Crippen MR) is 54.6 cm³/mol. The summed E-state index contributed by atoms with van der Waals surface area (Å²) >= 11 is 0. The highest BCUT2D eigenvalue weighted by atomic mass is 16.5. The smallest absolute Gasteiger partial charge is 0.155 e. The molecule has 14 heavy (non-hydrogen) atoms. The van der Waals surface area contributed by atoms with Crippen molar-refractivity contribution in [3.05, 3.63) is 24.0 Å². The molecule has 1 heterocycles. The lowest BCUT2D eigenvalue weighted by molar-refractivity contribution is 0.111. The van der Waals surface area contributed by atoms with Crippen LogP contribution in [-0.2, 0) is 0 Å². The van der Waals surface area contributed by atoms with Crippen LogP contribution in [0.2, 0.25) is 0 Å². The van der Waals surface area contributed by atoms with Gasteiger partial charge in [-0.05, 0) is 12.0 Å². The van der Waals surface area contributed by atoms with E-state index in [4.69, 9.17) is 4.74 Å². The Labute approximate surface area is 84.1 Å². The zero-order chi connectivity index (χ0) is 10.4. The highest BCUT2D eigenvalue weighted by Crippen LogP contribution is 2.15. The van der Waals surface area contributed by atoms with Crippen molar-refractivity contribution in [3.8, 4) is 5.75 Å². The van der Waals surface area contributed by atoms with Gasteiger partial charge in [0.25, 0.3) is 0 Å². The van der Waals surface area contributed by atoms with Gasteiger partial charge in [0.05, 0.1) is 12.2 Å². The van der Waals surface area contributed by atoms with Gasteiger partial charge in [0.1, 0.15) is 5.75 Å². The standard InChI is InChI=1S/C11H15NO2/c1-3-9(2)8-14-11-4-5-12-6-10(11)7-13/h4-7,9H,3,8H2,1-2H3. The summed E-state index contributed by atoms with van der Waals surface area (Å²) in [5.74, 6) is 1.12. The normalized spacial score (nSPS) is 12.1. The molecule has 1 unspecified atom stereocenters. The van der Waals surface area contributed by atoms with E-state index in [0.717, 1.165) is 12.7 Å². The molecule has 0 aliphatic heterocycles. The van der Waals surface area contributed by atoms with Gasteiger partial charge in [-0.3, -0.25) is 9.78 Å². The Bertz CT molecular complexity index is 299. The Hall–Kier alpha value is -1.38. The number of aldehydes is 1. The molecular formula is C11H15NO2. The summed E-state index contributed by atoms with van der Waals surface area (Å²) in [6, 6.07) is 1.71. The van der Waals surface area contributed by atoms with Crippen LogP contribution in [0.1, 0.15) is 30.6 Å². The number of nitrogens with zero attached hydrogens (tertiary/aromatic N) is 1. The van der Waals surface area contributed by atoms with Crippen molar-refractivity contribution in [3.63, 3.8) is 0 Å². The zero-order valence-electron chi connectivity index (χ0n) is 8.56. The molecule has 1 aromatic heterocycles. The molecule has 3 heteroatoms. The molecule has 0 aliphatic carbocycles. The van der Waals surface area contributed by atoms with E-state index in [2.05, 4.69) is 18.8 Å². The largest absolute Gasteiger partial charge is 0.492 e. The monoisotopic (exact) mass is 193 g/mol. The second kappa shape index (κ2) is 5.37. The molecule has 0 N–H and O–H groups in total. The highest BCUT2D eigenvalue weighted by Gasteiger charge is 2.04. The van der Waals surface area contributed by atoms with Crippen LogP contribution in [0.15, 0.2) is 18.5 Å². The molecule has 0 radical (unpaired) electrons. The third-order valence-corrected chi connectivity index (χ3v) is 2.16. The SMILES string of the molecule is CCC(C)COc1ccncc1C=O. The number of carbonyl (C=O) groups is 1. The van der Waals surface area contributed by atoms with Gasteiger partial charge in [-0.2, -0.15) is 0 Å². The minimum Gasteiger partial charge on any atom is -0.492 e. The molecule has 76 valence electrons. The Balaban J connectivity index is 2.61. The van der Waals surface area contributed by atoms with Gasteiger partial charge in [0, 0.05) is 12.4 Å². The maximum absolute atomic E-state index is 10.6. The van der Waals surface area contributed by atoms with Crippen LogP contribution in [0.4, 0.5) is 0 Å². The number of ether oxygens (including phenoxy) is 1. The summed E-state index contributed by atoms with van der Waals surface area (Å²) in [5.41, 5.74) is 0.510. The average molecular weight is 193 g/mol. The minimum absolute atomic E-state index is 0.502. The van der Waals surface area contributed by atoms with Crippen LogP contribution in [-0.4, -0.2) is 17.9 Å². The number of hydrogen-bond acceptors (Lipinski definition) is 3.